The first-order valence-corrected chi connectivity index (χ1v) is 18.6. The van der Waals surface area contributed by atoms with E-state index in [1.807, 2.05) is 22.7 Å². The van der Waals surface area contributed by atoms with Crippen molar-refractivity contribution < 1.29 is 0 Å². The summed E-state index contributed by atoms with van der Waals surface area (Å²) in [4.78, 5) is 2.58. The molecule has 0 saturated heterocycles. The van der Waals surface area contributed by atoms with E-state index in [-0.39, 0.29) is 0 Å². The van der Waals surface area contributed by atoms with Crippen LogP contribution in [0.15, 0.2) is 170 Å². The Labute approximate surface area is 296 Å². The van der Waals surface area contributed by atoms with Crippen molar-refractivity contribution in [2.45, 2.75) is 0 Å². The summed E-state index contributed by atoms with van der Waals surface area (Å²) in [5.41, 5.74) is 7.11. The molecule has 0 aliphatic rings. The average molecular weight is 673 g/mol. The predicted molar refractivity (Wildman–Crippen MR) is 219 cm³/mol. The van der Waals surface area contributed by atoms with Gasteiger partial charge in [-0.05, 0) is 71.4 Å². The van der Waals surface area contributed by atoms with Crippen LogP contribution in [-0.2, 0) is 0 Å². The normalized spacial score (nSPS) is 12.0. The zero-order chi connectivity index (χ0) is 32.8. The molecular weight excluding hydrogens is 645 g/mol. The fourth-order valence-corrected chi connectivity index (χ4v) is 10.4. The molecule has 3 aromatic heterocycles. The smallest absolute Gasteiger partial charge is 0.0647 e. The number of para-hydroxylation sites is 2. The van der Waals surface area contributed by atoms with E-state index < -0.39 is 0 Å². The summed E-state index contributed by atoms with van der Waals surface area (Å²) >= 11 is 3.77. The fraction of sp³-hybridized carbons (Fsp3) is 0. The van der Waals surface area contributed by atoms with Gasteiger partial charge in [-0.2, -0.15) is 0 Å². The van der Waals surface area contributed by atoms with E-state index in [0.29, 0.717) is 0 Å². The Bertz CT molecular complexity index is 3110. The number of hydrogen-bond acceptors (Lipinski definition) is 3. The number of fused-ring (bicyclic) bond motifs is 11. The van der Waals surface area contributed by atoms with E-state index in [1.165, 1.54) is 90.0 Å². The Hall–Kier alpha value is -5.94. The monoisotopic (exact) mass is 672 g/mol. The Balaban J connectivity index is 1.35. The quantitative estimate of drug-likeness (QED) is 0.181. The first-order valence-electron chi connectivity index (χ1n) is 16.9. The first kappa shape index (κ1) is 28.0. The summed E-state index contributed by atoms with van der Waals surface area (Å²) in [6.45, 7) is 0. The fourth-order valence-electron chi connectivity index (χ4n) is 8.10. The standard InChI is InChI=1S/C46H28N2S2/c1-2-15-30(16-3-1)47-35-21-9-6-18-32(35)44-36(47)22-12-23-37(44)48(38-24-13-27-42-45(38)34-20-8-10-25-40(34)49-42)39-28-29-14-4-5-17-31(29)43-33-19-7-11-26-41(33)50-46(39)43/h1-28H. The maximum Gasteiger partial charge on any atom is 0.0647 e. The van der Waals surface area contributed by atoms with Gasteiger partial charge in [0.25, 0.3) is 0 Å². The van der Waals surface area contributed by atoms with Gasteiger partial charge in [0.15, 0.2) is 0 Å². The second kappa shape index (κ2) is 10.8. The van der Waals surface area contributed by atoms with Gasteiger partial charge in [-0.1, -0.05) is 109 Å². The molecule has 4 heteroatoms. The SMILES string of the molecule is c1ccc(-n2c3ccccc3c3c(N(c4cc5ccccc5c5c4sc4ccccc45)c4cccc5sc6ccccc6c45)cccc32)cc1. The molecule has 11 aromatic rings. The van der Waals surface area contributed by atoms with E-state index >= 15 is 0 Å². The zero-order valence-corrected chi connectivity index (χ0v) is 28.5. The highest BCUT2D eigenvalue weighted by Crippen LogP contribution is 2.52. The van der Waals surface area contributed by atoms with Gasteiger partial charge in [0.1, 0.15) is 0 Å². The molecule has 8 aromatic carbocycles. The van der Waals surface area contributed by atoms with Crippen LogP contribution in [0.5, 0.6) is 0 Å². The van der Waals surface area contributed by atoms with Crippen LogP contribution in [-0.4, -0.2) is 4.57 Å². The highest BCUT2D eigenvalue weighted by Gasteiger charge is 2.26. The molecule has 0 bridgehead atoms. The summed E-state index contributed by atoms with van der Waals surface area (Å²) in [5, 5.41) is 10.2. The van der Waals surface area contributed by atoms with Crippen LogP contribution in [0.4, 0.5) is 17.1 Å². The van der Waals surface area contributed by atoms with Crippen molar-refractivity contribution in [3.05, 3.63) is 170 Å². The van der Waals surface area contributed by atoms with E-state index in [2.05, 4.69) is 179 Å². The van der Waals surface area contributed by atoms with Crippen LogP contribution in [0.1, 0.15) is 0 Å². The minimum atomic E-state index is 1.16. The number of anilines is 3. The van der Waals surface area contributed by atoms with Gasteiger partial charge in [0.05, 0.1) is 32.8 Å². The van der Waals surface area contributed by atoms with E-state index in [0.717, 1.165) is 5.69 Å². The number of rotatable bonds is 4. The molecule has 0 amide bonds. The number of benzene rings is 8. The third-order valence-corrected chi connectivity index (χ3v) is 12.5. The van der Waals surface area contributed by atoms with Crippen LogP contribution in [0, 0.1) is 0 Å². The maximum absolute atomic E-state index is 2.58. The summed E-state index contributed by atoms with van der Waals surface area (Å²) in [6.07, 6.45) is 0. The number of nitrogens with zero attached hydrogens (tertiary/aromatic N) is 2. The molecule has 50 heavy (non-hydrogen) atoms. The maximum atomic E-state index is 2.58. The molecule has 0 saturated carbocycles. The first-order chi connectivity index (χ1) is 24.8. The largest absolute Gasteiger partial charge is 0.309 e. The van der Waals surface area contributed by atoms with Gasteiger partial charge in [-0.3, -0.25) is 0 Å². The van der Waals surface area contributed by atoms with Crippen LogP contribution < -0.4 is 4.90 Å². The summed E-state index contributed by atoms with van der Waals surface area (Å²) in [7, 11) is 0. The van der Waals surface area contributed by atoms with Gasteiger partial charge < -0.3 is 9.47 Å². The third kappa shape index (κ3) is 3.95. The molecule has 0 aliphatic carbocycles. The third-order valence-electron chi connectivity index (χ3n) is 10.1. The number of hydrogen-bond donors (Lipinski definition) is 0. The zero-order valence-electron chi connectivity index (χ0n) is 26.9. The lowest BCUT2D eigenvalue weighted by atomic mass is 10.0. The molecule has 0 unspecified atom stereocenters. The van der Waals surface area contributed by atoms with Crippen molar-refractivity contribution in [3.8, 4) is 5.69 Å². The minimum Gasteiger partial charge on any atom is -0.309 e. The van der Waals surface area contributed by atoms with Crippen molar-refractivity contribution in [1.82, 2.24) is 4.57 Å². The second-order valence-corrected chi connectivity index (χ2v) is 15.0. The molecule has 0 atom stereocenters. The number of thiophene rings is 2. The minimum absolute atomic E-state index is 1.16. The predicted octanol–water partition coefficient (Wildman–Crippen LogP) is 14.1. The van der Waals surface area contributed by atoms with Gasteiger partial charge >= 0.3 is 0 Å². The van der Waals surface area contributed by atoms with E-state index in [1.54, 1.807) is 0 Å². The molecule has 0 aliphatic heterocycles. The van der Waals surface area contributed by atoms with Crippen molar-refractivity contribution in [2.24, 2.45) is 0 Å². The van der Waals surface area contributed by atoms with Gasteiger partial charge in [0, 0.05) is 52.1 Å². The van der Waals surface area contributed by atoms with Crippen molar-refractivity contribution in [1.29, 1.82) is 0 Å². The molecule has 234 valence electrons. The van der Waals surface area contributed by atoms with E-state index in [4.69, 9.17) is 0 Å². The van der Waals surface area contributed by atoms with Crippen LogP contribution >= 0.6 is 22.7 Å². The van der Waals surface area contributed by atoms with Crippen molar-refractivity contribution >= 4 is 113 Å². The Morgan fingerprint density at radius 3 is 1.78 bits per heavy atom. The Morgan fingerprint density at radius 1 is 0.380 bits per heavy atom. The van der Waals surface area contributed by atoms with E-state index in [9.17, 15) is 0 Å². The van der Waals surface area contributed by atoms with Crippen LogP contribution in [0.25, 0.3) is 78.6 Å². The lowest BCUT2D eigenvalue weighted by molar-refractivity contribution is 1.18. The summed E-state index contributed by atoms with van der Waals surface area (Å²) in [5.74, 6) is 0. The lowest BCUT2D eigenvalue weighted by Gasteiger charge is -2.28. The Morgan fingerprint density at radius 2 is 0.960 bits per heavy atom. The summed E-state index contributed by atoms with van der Waals surface area (Å²) in [6, 6.07) is 62.4. The molecule has 11 rings (SSSR count). The van der Waals surface area contributed by atoms with Crippen molar-refractivity contribution in [2.75, 3.05) is 4.90 Å². The second-order valence-electron chi connectivity index (χ2n) is 12.9. The highest BCUT2D eigenvalue weighted by atomic mass is 32.1. The highest BCUT2D eigenvalue weighted by molar-refractivity contribution is 7.27. The van der Waals surface area contributed by atoms with Gasteiger partial charge in [-0.15, -0.1) is 22.7 Å². The molecule has 0 spiro atoms. The topological polar surface area (TPSA) is 8.17 Å². The van der Waals surface area contributed by atoms with Crippen LogP contribution in [0.3, 0.4) is 0 Å². The summed E-state index contributed by atoms with van der Waals surface area (Å²) < 4.78 is 7.62. The van der Waals surface area contributed by atoms with Gasteiger partial charge in [-0.25, -0.2) is 0 Å². The lowest BCUT2D eigenvalue weighted by Crippen LogP contribution is -2.11. The molecular formula is C46H28N2S2. The molecule has 0 fully saturated rings. The molecule has 0 radical (unpaired) electrons. The molecule has 3 heterocycles. The Kier molecular flexibility index (Phi) is 6.03. The average Bonchev–Trinajstić information content (AvgIpc) is 3.86. The van der Waals surface area contributed by atoms with Gasteiger partial charge in [0.2, 0.25) is 0 Å². The molecule has 0 N–H and O–H groups in total. The van der Waals surface area contributed by atoms with Crippen LogP contribution in [0.2, 0.25) is 0 Å². The number of aromatic nitrogens is 1. The molecule has 2 nitrogen and oxygen atoms in total. The van der Waals surface area contributed by atoms with Crippen molar-refractivity contribution in [3.63, 3.8) is 0 Å².